The fourth-order valence-corrected chi connectivity index (χ4v) is 6.15. The first-order chi connectivity index (χ1) is 21.6. The average Bonchev–Trinajstić information content (AvgIpc) is 3.43. The van der Waals surface area contributed by atoms with Gasteiger partial charge >= 0.3 is 0 Å². The van der Waals surface area contributed by atoms with Gasteiger partial charge in [0.05, 0.1) is 12.9 Å². The Hall–Kier alpha value is -2.26. The third-order valence-electron chi connectivity index (χ3n) is 9.15. The minimum atomic E-state index is 0.000350. The number of hydrogen-bond donors (Lipinski definition) is 0. The van der Waals surface area contributed by atoms with Gasteiger partial charge in [0.15, 0.2) is 0 Å². The molecule has 0 saturated carbocycles. The maximum atomic E-state index is 6.19. The summed E-state index contributed by atoms with van der Waals surface area (Å²) in [7, 11) is 0. The Kier molecular flexibility index (Phi) is 16.0. The van der Waals surface area contributed by atoms with E-state index >= 15 is 0 Å². The van der Waals surface area contributed by atoms with Crippen LogP contribution in [-0.2, 0) is 15.6 Å². The largest absolute Gasteiger partial charge is 0.491 e. The Morgan fingerprint density at radius 1 is 0.578 bits per heavy atom. The van der Waals surface area contributed by atoms with Crippen molar-refractivity contribution in [3.8, 4) is 16.9 Å². The first-order valence-corrected chi connectivity index (χ1v) is 18.5. The molecule has 2 aromatic carbocycles. The molecule has 3 aromatic rings. The summed E-state index contributed by atoms with van der Waals surface area (Å²) in [6, 6.07) is 13.0. The van der Waals surface area contributed by atoms with E-state index in [-0.39, 0.29) is 10.8 Å². The van der Waals surface area contributed by atoms with Crippen LogP contribution in [0.15, 0.2) is 47.1 Å². The average molecular weight is 619 g/mol. The summed E-state index contributed by atoms with van der Waals surface area (Å²) in [5.74, 6) is 0.878. The summed E-state index contributed by atoms with van der Waals surface area (Å²) < 4.78 is 18.0. The van der Waals surface area contributed by atoms with E-state index < -0.39 is 0 Å². The molecule has 0 spiro atoms. The van der Waals surface area contributed by atoms with Gasteiger partial charge < -0.3 is 13.9 Å². The molecule has 3 rings (SSSR count). The second kappa shape index (κ2) is 19.4. The van der Waals surface area contributed by atoms with Crippen molar-refractivity contribution in [1.82, 2.24) is 0 Å². The summed E-state index contributed by atoms with van der Waals surface area (Å²) in [6.07, 6.45) is 24.2. The number of furan rings is 1. The Morgan fingerprint density at radius 2 is 1.11 bits per heavy atom. The highest BCUT2D eigenvalue weighted by Gasteiger charge is 2.25. The summed E-state index contributed by atoms with van der Waals surface area (Å²) in [5, 5.41) is 1.18. The van der Waals surface area contributed by atoms with Crippen LogP contribution in [0.3, 0.4) is 0 Å². The number of hydrogen-bond acceptors (Lipinski definition) is 3. The first-order valence-electron chi connectivity index (χ1n) is 18.5. The first kappa shape index (κ1) is 37.2. The van der Waals surface area contributed by atoms with Crippen LogP contribution in [0.25, 0.3) is 22.1 Å². The van der Waals surface area contributed by atoms with Crippen LogP contribution >= 0.6 is 0 Å². The molecule has 1 heterocycles. The van der Waals surface area contributed by atoms with Crippen molar-refractivity contribution >= 4 is 11.0 Å². The van der Waals surface area contributed by atoms with Gasteiger partial charge in [0.2, 0.25) is 0 Å². The summed E-state index contributed by atoms with van der Waals surface area (Å²) >= 11 is 0. The zero-order valence-corrected chi connectivity index (χ0v) is 30.2. The Balaban J connectivity index is 1.26. The molecule has 0 aliphatic rings. The minimum absolute atomic E-state index is 0.000350. The van der Waals surface area contributed by atoms with E-state index in [0.29, 0.717) is 13.2 Å². The lowest BCUT2D eigenvalue weighted by Crippen LogP contribution is -2.16. The van der Waals surface area contributed by atoms with Crippen molar-refractivity contribution < 1.29 is 13.9 Å². The van der Waals surface area contributed by atoms with Crippen molar-refractivity contribution in [2.24, 2.45) is 0 Å². The van der Waals surface area contributed by atoms with Crippen molar-refractivity contribution in [3.63, 3.8) is 0 Å². The van der Waals surface area contributed by atoms with Crippen molar-refractivity contribution in [2.75, 3.05) is 19.8 Å². The third-order valence-corrected chi connectivity index (χ3v) is 9.15. The molecule has 0 aliphatic heterocycles. The highest BCUT2D eigenvalue weighted by Crippen LogP contribution is 2.40. The molecular formula is C42H66O3. The van der Waals surface area contributed by atoms with E-state index in [2.05, 4.69) is 84.9 Å². The topological polar surface area (TPSA) is 31.6 Å². The molecule has 0 fully saturated rings. The lowest BCUT2D eigenvalue weighted by molar-refractivity contribution is 0.0971. The van der Waals surface area contributed by atoms with E-state index in [4.69, 9.17) is 13.9 Å². The van der Waals surface area contributed by atoms with Gasteiger partial charge in [0, 0.05) is 23.1 Å². The van der Waals surface area contributed by atoms with Crippen molar-refractivity contribution in [1.29, 1.82) is 0 Å². The van der Waals surface area contributed by atoms with E-state index in [1.807, 2.05) is 6.26 Å². The summed E-state index contributed by atoms with van der Waals surface area (Å²) in [5.41, 5.74) is 5.93. The Bertz CT molecular complexity index is 1210. The number of fused-ring (bicyclic) bond motifs is 1. The number of ether oxygens (including phenoxy) is 2. The van der Waals surface area contributed by atoms with Gasteiger partial charge in [-0.05, 0) is 46.6 Å². The molecule has 0 unspecified atom stereocenters. The van der Waals surface area contributed by atoms with Crippen LogP contribution in [0.1, 0.15) is 162 Å². The van der Waals surface area contributed by atoms with Crippen LogP contribution in [0, 0.1) is 0 Å². The van der Waals surface area contributed by atoms with Crippen LogP contribution in [0.2, 0.25) is 0 Å². The van der Waals surface area contributed by atoms with E-state index in [1.165, 1.54) is 113 Å². The quantitative estimate of drug-likeness (QED) is 0.105. The Labute approximate surface area is 276 Å². The predicted octanol–water partition coefficient (Wildman–Crippen LogP) is 13.4. The second-order valence-corrected chi connectivity index (χ2v) is 15.3. The molecule has 0 amide bonds. The summed E-state index contributed by atoms with van der Waals surface area (Å²) in [6.45, 7) is 17.9. The molecule has 0 saturated heterocycles. The SMILES string of the molecule is CCCCCCCCCCCCCCCCCCOCCOc1ccc(-c2coc3c(C(C)(C)C)cc(C(C)(C)C)cc23)cc1. The van der Waals surface area contributed by atoms with Crippen LogP contribution in [0.5, 0.6) is 5.75 Å². The fourth-order valence-electron chi connectivity index (χ4n) is 6.15. The van der Waals surface area contributed by atoms with Gasteiger partial charge in [0.1, 0.15) is 17.9 Å². The Morgan fingerprint density at radius 3 is 1.62 bits per heavy atom. The van der Waals surface area contributed by atoms with Gasteiger partial charge in [0.25, 0.3) is 0 Å². The predicted molar refractivity (Wildman–Crippen MR) is 195 cm³/mol. The zero-order valence-electron chi connectivity index (χ0n) is 30.2. The molecule has 3 heteroatoms. The van der Waals surface area contributed by atoms with Gasteiger partial charge in [-0.25, -0.2) is 0 Å². The highest BCUT2D eigenvalue weighted by molar-refractivity contribution is 5.96. The standard InChI is InChI=1S/C42H66O3/c1-8-9-10-11-12-13-14-15-16-17-18-19-20-21-22-23-28-43-29-30-44-36-26-24-34(25-27-36)38-33-45-40-37(38)31-35(41(2,3)4)32-39(40)42(5,6)7/h24-27,31-33H,8-23,28-30H2,1-7H3. The van der Waals surface area contributed by atoms with E-state index in [9.17, 15) is 0 Å². The van der Waals surface area contributed by atoms with Crippen LogP contribution < -0.4 is 4.74 Å². The molecule has 3 nitrogen and oxygen atoms in total. The van der Waals surface area contributed by atoms with Crippen LogP contribution in [0.4, 0.5) is 0 Å². The van der Waals surface area contributed by atoms with E-state index in [1.54, 1.807) is 0 Å². The van der Waals surface area contributed by atoms with Gasteiger partial charge in [-0.2, -0.15) is 0 Å². The normalized spacial score (nSPS) is 12.3. The minimum Gasteiger partial charge on any atom is -0.491 e. The molecule has 252 valence electrons. The molecule has 1 aromatic heterocycles. The third kappa shape index (κ3) is 13.2. The van der Waals surface area contributed by atoms with Gasteiger partial charge in [-0.3, -0.25) is 0 Å². The molecule has 45 heavy (non-hydrogen) atoms. The monoisotopic (exact) mass is 619 g/mol. The fraction of sp³-hybridized carbons (Fsp3) is 0.667. The molecule has 0 atom stereocenters. The van der Waals surface area contributed by atoms with Crippen LogP contribution in [-0.4, -0.2) is 19.8 Å². The molecule has 0 N–H and O–H groups in total. The molecule has 0 aliphatic carbocycles. The molecular weight excluding hydrogens is 552 g/mol. The molecule has 0 bridgehead atoms. The van der Waals surface area contributed by atoms with Crippen molar-refractivity contribution in [2.45, 2.75) is 162 Å². The summed E-state index contributed by atoms with van der Waals surface area (Å²) in [4.78, 5) is 0. The lowest BCUT2D eigenvalue weighted by atomic mass is 9.79. The number of benzene rings is 2. The lowest BCUT2D eigenvalue weighted by Gasteiger charge is -2.25. The maximum Gasteiger partial charge on any atom is 0.138 e. The number of unbranched alkanes of at least 4 members (excludes halogenated alkanes) is 15. The molecule has 0 radical (unpaired) electrons. The van der Waals surface area contributed by atoms with Gasteiger partial charge in [-0.15, -0.1) is 0 Å². The highest BCUT2D eigenvalue weighted by atomic mass is 16.5. The smallest absolute Gasteiger partial charge is 0.138 e. The zero-order chi connectivity index (χ0) is 32.5. The van der Waals surface area contributed by atoms with E-state index in [0.717, 1.165) is 35.5 Å². The maximum absolute atomic E-state index is 6.19. The van der Waals surface area contributed by atoms with Crippen molar-refractivity contribution in [3.05, 3.63) is 53.8 Å². The van der Waals surface area contributed by atoms with Gasteiger partial charge in [-0.1, -0.05) is 163 Å². The second-order valence-electron chi connectivity index (χ2n) is 15.3. The number of rotatable bonds is 22.